The Morgan fingerprint density at radius 1 is 1.32 bits per heavy atom. The summed E-state index contributed by atoms with van der Waals surface area (Å²) in [6.45, 7) is 10.4. The average Bonchev–Trinajstić information content (AvgIpc) is 2.96. The van der Waals surface area contributed by atoms with Crippen LogP contribution in [0.5, 0.6) is 0 Å². The molecule has 2 aromatic rings. The van der Waals surface area contributed by atoms with Gasteiger partial charge in [-0.05, 0) is 63.3 Å². The van der Waals surface area contributed by atoms with Gasteiger partial charge in [0.1, 0.15) is 6.10 Å². The molecule has 0 spiro atoms. The molecule has 2 atom stereocenters. The van der Waals surface area contributed by atoms with Crippen LogP contribution in [0, 0.1) is 12.3 Å². The van der Waals surface area contributed by atoms with E-state index in [9.17, 15) is 0 Å². The van der Waals surface area contributed by atoms with Crippen molar-refractivity contribution < 1.29 is 4.74 Å². The number of hydrogen-bond donors (Lipinski definition) is 0. The largest absolute Gasteiger partial charge is 0.495 e. The monoisotopic (exact) mass is 334 g/mol. The highest BCUT2D eigenvalue weighted by Crippen LogP contribution is 2.49. The molecule has 4 rings (SSSR count). The SMILES string of the molecule is C=C(C)O[C@H]1CCCC2=Cc3c(cnn3-c3ccc(C)cc3)C[C@@]21C. The maximum atomic E-state index is 6.12. The number of aromatic nitrogens is 2. The van der Waals surface area contributed by atoms with E-state index in [4.69, 9.17) is 4.74 Å². The van der Waals surface area contributed by atoms with Gasteiger partial charge in [0.15, 0.2) is 0 Å². The maximum Gasteiger partial charge on any atom is 0.108 e. The van der Waals surface area contributed by atoms with Crippen molar-refractivity contribution >= 4 is 6.08 Å². The third-order valence-electron chi connectivity index (χ3n) is 5.73. The van der Waals surface area contributed by atoms with Gasteiger partial charge in [-0.3, -0.25) is 0 Å². The second-order valence-corrected chi connectivity index (χ2v) is 7.77. The number of fused-ring (bicyclic) bond motifs is 2. The second-order valence-electron chi connectivity index (χ2n) is 7.77. The minimum absolute atomic E-state index is 0.0470. The van der Waals surface area contributed by atoms with Crippen LogP contribution >= 0.6 is 0 Å². The van der Waals surface area contributed by atoms with Crippen LogP contribution in [0.15, 0.2) is 48.4 Å². The van der Waals surface area contributed by atoms with Gasteiger partial charge in [-0.15, -0.1) is 0 Å². The lowest BCUT2D eigenvalue weighted by atomic mass is 9.64. The van der Waals surface area contributed by atoms with Crippen LogP contribution < -0.4 is 0 Å². The molecule has 1 aromatic heterocycles. The molecule has 3 heteroatoms. The summed E-state index contributed by atoms with van der Waals surface area (Å²) in [4.78, 5) is 0. The quantitative estimate of drug-likeness (QED) is 0.719. The van der Waals surface area contributed by atoms with Crippen molar-refractivity contribution in [1.29, 1.82) is 0 Å². The van der Waals surface area contributed by atoms with Crippen molar-refractivity contribution in [2.24, 2.45) is 5.41 Å². The molecule has 0 unspecified atom stereocenters. The summed E-state index contributed by atoms with van der Waals surface area (Å²) in [5, 5.41) is 4.69. The van der Waals surface area contributed by atoms with Crippen molar-refractivity contribution in [3.05, 3.63) is 65.2 Å². The lowest BCUT2D eigenvalue weighted by Crippen LogP contribution is -2.42. The number of allylic oxidation sites excluding steroid dienone is 1. The van der Waals surface area contributed by atoms with Crippen molar-refractivity contribution in [2.75, 3.05) is 0 Å². The minimum Gasteiger partial charge on any atom is -0.495 e. The molecule has 0 saturated heterocycles. The maximum absolute atomic E-state index is 6.12. The van der Waals surface area contributed by atoms with Gasteiger partial charge in [0, 0.05) is 5.41 Å². The lowest BCUT2D eigenvalue weighted by Gasteiger charge is -2.45. The highest BCUT2D eigenvalue weighted by molar-refractivity contribution is 5.61. The fraction of sp³-hybridized carbons (Fsp3) is 0.409. The Bertz CT molecular complexity index is 843. The number of hydrogen-bond acceptors (Lipinski definition) is 2. The molecule has 0 aliphatic heterocycles. The number of ether oxygens (including phenoxy) is 1. The van der Waals surface area contributed by atoms with Crippen LogP contribution in [0.25, 0.3) is 11.8 Å². The molecule has 1 saturated carbocycles. The molecule has 130 valence electrons. The van der Waals surface area contributed by atoms with Crippen molar-refractivity contribution in [3.8, 4) is 5.69 Å². The van der Waals surface area contributed by atoms with E-state index in [0.717, 1.165) is 30.7 Å². The molecule has 1 aromatic carbocycles. The summed E-state index contributed by atoms with van der Waals surface area (Å²) in [6, 6.07) is 8.56. The van der Waals surface area contributed by atoms with E-state index < -0.39 is 0 Å². The molecule has 25 heavy (non-hydrogen) atoms. The van der Waals surface area contributed by atoms with Gasteiger partial charge in [0.2, 0.25) is 0 Å². The third-order valence-corrected chi connectivity index (χ3v) is 5.73. The first kappa shape index (κ1) is 16.2. The summed E-state index contributed by atoms with van der Waals surface area (Å²) in [5.41, 5.74) is 6.47. The highest BCUT2D eigenvalue weighted by atomic mass is 16.5. The van der Waals surface area contributed by atoms with E-state index in [-0.39, 0.29) is 11.5 Å². The average molecular weight is 334 g/mol. The Balaban J connectivity index is 1.74. The van der Waals surface area contributed by atoms with E-state index in [1.54, 1.807) is 0 Å². The summed E-state index contributed by atoms with van der Waals surface area (Å²) < 4.78 is 8.19. The molecule has 0 radical (unpaired) electrons. The van der Waals surface area contributed by atoms with Gasteiger partial charge in [0.25, 0.3) is 0 Å². The van der Waals surface area contributed by atoms with Gasteiger partial charge >= 0.3 is 0 Å². The van der Waals surface area contributed by atoms with Gasteiger partial charge in [0.05, 0.1) is 23.3 Å². The van der Waals surface area contributed by atoms with Crippen molar-refractivity contribution in [2.45, 2.75) is 52.6 Å². The zero-order valence-electron chi connectivity index (χ0n) is 15.4. The van der Waals surface area contributed by atoms with Crippen LogP contribution in [-0.2, 0) is 11.2 Å². The minimum atomic E-state index is 0.0470. The molecule has 2 aliphatic rings. The Hall–Kier alpha value is -2.29. The van der Waals surface area contributed by atoms with Gasteiger partial charge in [-0.1, -0.05) is 36.8 Å². The van der Waals surface area contributed by atoms with E-state index in [1.807, 2.05) is 13.1 Å². The number of nitrogens with zero attached hydrogens (tertiary/aromatic N) is 2. The number of aryl methyl sites for hydroxylation is 1. The van der Waals surface area contributed by atoms with Gasteiger partial charge in [-0.25, -0.2) is 4.68 Å². The fourth-order valence-electron chi connectivity index (χ4n) is 4.32. The molecule has 3 nitrogen and oxygen atoms in total. The molecule has 0 bridgehead atoms. The third kappa shape index (κ3) is 2.72. The molecule has 0 amide bonds. The van der Waals surface area contributed by atoms with E-state index in [0.29, 0.717) is 0 Å². The van der Waals surface area contributed by atoms with Crippen molar-refractivity contribution in [1.82, 2.24) is 9.78 Å². The molecular weight excluding hydrogens is 308 g/mol. The number of rotatable bonds is 3. The summed E-state index contributed by atoms with van der Waals surface area (Å²) in [7, 11) is 0. The topological polar surface area (TPSA) is 27.1 Å². The molecule has 0 N–H and O–H groups in total. The Labute approximate surface area is 150 Å². The predicted octanol–water partition coefficient (Wildman–Crippen LogP) is 5.23. The molecule has 1 heterocycles. The first-order valence-electron chi connectivity index (χ1n) is 9.14. The predicted molar refractivity (Wildman–Crippen MR) is 102 cm³/mol. The fourth-order valence-corrected chi connectivity index (χ4v) is 4.32. The van der Waals surface area contributed by atoms with Crippen LogP contribution in [-0.4, -0.2) is 15.9 Å². The van der Waals surface area contributed by atoms with Crippen LogP contribution in [0.1, 0.15) is 49.9 Å². The normalized spacial score (nSPS) is 24.9. The first-order valence-corrected chi connectivity index (χ1v) is 9.14. The van der Waals surface area contributed by atoms with Crippen LogP contribution in [0.2, 0.25) is 0 Å². The zero-order valence-corrected chi connectivity index (χ0v) is 15.4. The van der Waals surface area contributed by atoms with E-state index >= 15 is 0 Å². The first-order chi connectivity index (χ1) is 12.0. The molecule has 2 aliphatic carbocycles. The van der Waals surface area contributed by atoms with E-state index in [1.165, 1.54) is 28.8 Å². The Morgan fingerprint density at radius 3 is 2.80 bits per heavy atom. The van der Waals surface area contributed by atoms with Gasteiger partial charge < -0.3 is 4.74 Å². The summed E-state index contributed by atoms with van der Waals surface area (Å²) in [6.07, 6.45) is 9.00. The lowest BCUT2D eigenvalue weighted by molar-refractivity contribution is 0.00662. The standard InChI is InChI=1S/C22H26N2O/c1-15(2)25-21-7-5-6-18-12-20-17(13-22(18,21)4)14-23-24(20)19-10-8-16(3)9-11-19/h8-12,14,21H,1,5-7,13H2,2-4H3/t21-,22-/m0/s1. The van der Waals surface area contributed by atoms with Gasteiger partial charge in [-0.2, -0.15) is 5.10 Å². The Kier molecular flexibility index (Phi) is 3.82. The molecule has 1 fully saturated rings. The van der Waals surface area contributed by atoms with Crippen LogP contribution in [0.4, 0.5) is 0 Å². The summed E-state index contributed by atoms with van der Waals surface area (Å²) >= 11 is 0. The number of benzene rings is 1. The van der Waals surface area contributed by atoms with E-state index in [2.05, 4.69) is 60.5 Å². The Morgan fingerprint density at radius 2 is 2.08 bits per heavy atom. The second kappa shape index (κ2) is 5.91. The highest BCUT2D eigenvalue weighted by Gasteiger charge is 2.44. The zero-order chi connectivity index (χ0) is 17.6. The van der Waals surface area contributed by atoms with Crippen molar-refractivity contribution in [3.63, 3.8) is 0 Å². The smallest absolute Gasteiger partial charge is 0.108 e. The summed E-state index contributed by atoms with van der Waals surface area (Å²) in [5.74, 6) is 0.814. The van der Waals surface area contributed by atoms with Crippen LogP contribution in [0.3, 0.4) is 0 Å². The molecular formula is C22H26N2O.